The first-order chi connectivity index (χ1) is 8.49. The molecule has 0 unspecified atom stereocenters. The summed E-state index contributed by atoms with van der Waals surface area (Å²) in [5.41, 5.74) is 0. The van der Waals surface area contributed by atoms with Crippen LogP contribution in [0.2, 0.25) is 0 Å². The zero-order chi connectivity index (χ0) is 14.0. The van der Waals surface area contributed by atoms with E-state index in [1.165, 1.54) is 6.08 Å². The molecule has 106 valence electrons. The van der Waals surface area contributed by atoms with E-state index in [4.69, 9.17) is 4.74 Å². The van der Waals surface area contributed by atoms with Crippen LogP contribution in [0.4, 0.5) is 0 Å². The Morgan fingerprint density at radius 3 is 2.39 bits per heavy atom. The lowest BCUT2D eigenvalue weighted by Gasteiger charge is -2.30. The lowest BCUT2D eigenvalue weighted by Crippen LogP contribution is -2.41. The minimum Gasteiger partial charge on any atom is -0.463 e. The van der Waals surface area contributed by atoms with E-state index in [1.807, 2.05) is 0 Å². The van der Waals surface area contributed by atoms with Crippen molar-refractivity contribution >= 4 is 5.97 Å². The Hall–Kier alpha value is -0.870. The van der Waals surface area contributed by atoms with Gasteiger partial charge in [-0.2, -0.15) is 0 Å². The summed E-state index contributed by atoms with van der Waals surface area (Å²) in [5.74, 6) is -0.273. The van der Waals surface area contributed by atoms with Gasteiger partial charge in [0.2, 0.25) is 0 Å². The number of rotatable bonds is 9. The van der Waals surface area contributed by atoms with Crippen molar-refractivity contribution in [3.63, 3.8) is 0 Å². The fourth-order valence-corrected chi connectivity index (χ4v) is 1.85. The molecule has 0 atom stereocenters. The number of ether oxygens (including phenoxy) is 1. The van der Waals surface area contributed by atoms with Gasteiger partial charge in [-0.15, -0.1) is 0 Å². The fraction of sp³-hybridized carbons (Fsp3) is 0.786. The maximum atomic E-state index is 11.0. The summed E-state index contributed by atoms with van der Waals surface area (Å²) >= 11 is 0. The Morgan fingerprint density at radius 2 is 1.89 bits per heavy atom. The van der Waals surface area contributed by atoms with Gasteiger partial charge >= 0.3 is 5.97 Å². The Morgan fingerprint density at radius 1 is 1.28 bits per heavy atom. The summed E-state index contributed by atoms with van der Waals surface area (Å²) in [7, 11) is 0. The molecule has 0 saturated heterocycles. The lowest BCUT2D eigenvalue weighted by molar-refractivity contribution is -0.137. The average molecular weight is 256 g/mol. The van der Waals surface area contributed by atoms with Crippen molar-refractivity contribution in [2.75, 3.05) is 26.2 Å². The van der Waals surface area contributed by atoms with E-state index < -0.39 is 0 Å². The third-order valence-electron chi connectivity index (χ3n) is 2.68. The molecule has 1 N–H and O–H groups in total. The predicted molar refractivity (Wildman–Crippen MR) is 75.6 cm³/mol. The Kier molecular flexibility index (Phi) is 9.60. The highest BCUT2D eigenvalue weighted by Crippen LogP contribution is 2.02. The first-order valence-electron chi connectivity index (χ1n) is 6.78. The molecule has 0 rings (SSSR count). The molecule has 0 radical (unpaired) electrons. The highest BCUT2D eigenvalue weighted by atomic mass is 16.5. The molecular formula is C14H28N2O2. The summed E-state index contributed by atoms with van der Waals surface area (Å²) in [4.78, 5) is 13.5. The lowest BCUT2D eigenvalue weighted by atomic mass is 10.2. The van der Waals surface area contributed by atoms with Gasteiger partial charge in [-0.05, 0) is 34.6 Å². The predicted octanol–water partition coefficient (Wildman–Crippen LogP) is 1.81. The fourth-order valence-electron chi connectivity index (χ4n) is 1.85. The van der Waals surface area contributed by atoms with Crippen LogP contribution in [0.25, 0.3) is 0 Å². The maximum absolute atomic E-state index is 11.0. The Labute approximate surface area is 111 Å². The van der Waals surface area contributed by atoms with Crippen LogP contribution in [-0.4, -0.2) is 49.2 Å². The van der Waals surface area contributed by atoms with Crippen LogP contribution in [0.15, 0.2) is 12.2 Å². The van der Waals surface area contributed by atoms with Crippen LogP contribution in [0, 0.1) is 0 Å². The first kappa shape index (κ1) is 17.1. The third-order valence-corrected chi connectivity index (χ3v) is 2.68. The Balaban J connectivity index is 3.69. The summed E-state index contributed by atoms with van der Waals surface area (Å²) in [6, 6.07) is 1.11. The van der Waals surface area contributed by atoms with Crippen LogP contribution in [0.3, 0.4) is 0 Å². The van der Waals surface area contributed by atoms with Crippen LogP contribution in [-0.2, 0) is 9.53 Å². The van der Waals surface area contributed by atoms with Crippen molar-refractivity contribution in [2.45, 2.75) is 46.7 Å². The monoisotopic (exact) mass is 256 g/mol. The number of hydrogen-bond donors (Lipinski definition) is 1. The van der Waals surface area contributed by atoms with E-state index in [1.54, 1.807) is 13.0 Å². The van der Waals surface area contributed by atoms with E-state index >= 15 is 0 Å². The highest BCUT2D eigenvalue weighted by molar-refractivity contribution is 5.81. The van der Waals surface area contributed by atoms with E-state index in [2.05, 4.69) is 37.9 Å². The molecular weight excluding hydrogens is 228 g/mol. The van der Waals surface area contributed by atoms with E-state index in [-0.39, 0.29) is 5.97 Å². The van der Waals surface area contributed by atoms with E-state index in [0.717, 1.165) is 13.1 Å². The number of nitrogens with one attached hydrogen (secondary N) is 1. The number of esters is 1. The van der Waals surface area contributed by atoms with Gasteiger partial charge in [-0.1, -0.05) is 6.08 Å². The number of carbonyl (C=O) groups excluding carboxylic acids is 1. The van der Waals surface area contributed by atoms with Gasteiger partial charge in [0.25, 0.3) is 0 Å². The van der Waals surface area contributed by atoms with Crippen LogP contribution >= 0.6 is 0 Å². The molecule has 0 fully saturated rings. The third kappa shape index (κ3) is 8.25. The minimum absolute atomic E-state index is 0.273. The second-order valence-corrected chi connectivity index (χ2v) is 4.78. The largest absolute Gasteiger partial charge is 0.463 e. The van der Waals surface area contributed by atoms with Gasteiger partial charge in [0.1, 0.15) is 0 Å². The molecule has 0 aromatic carbocycles. The van der Waals surface area contributed by atoms with Crippen molar-refractivity contribution < 1.29 is 9.53 Å². The van der Waals surface area contributed by atoms with Crippen molar-refractivity contribution in [1.29, 1.82) is 0 Å². The van der Waals surface area contributed by atoms with Crippen LogP contribution in [0.1, 0.15) is 34.6 Å². The molecule has 0 amide bonds. The average Bonchev–Trinajstić information content (AvgIpc) is 2.27. The molecule has 18 heavy (non-hydrogen) atoms. The molecule has 4 nitrogen and oxygen atoms in total. The number of nitrogens with zero attached hydrogens (tertiary/aromatic N) is 1. The molecule has 0 bridgehead atoms. The Bertz CT molecular complexity index is 242. The normalized spacial score (nSPS) is 12.0. The number of carbonyl (C=O) groups is 1. The standard InChI is InChI=1S/C14H28N2O2/c1-6-18-14(17)8-7-9-15-10-11-16(12(2)3)13(4)5/h7-8,12-13,15H,6,9-11H2,1-5H3/b8-7+. The molecule has 4 heteroatoms. The maximum Gasteiger partial charge on any atom is 0.330 e. The second kappa shape index (κ2) is 10.1. The summed E-state index contributed by atoms with van der Waals surface area (Å²) in [6.45, 7) is 13.7. The number of hydrogen-bond acceptors (Lipinski definition) is 4. The van der Waals surface area contributed by atoms with Gasteiger partial charge in [-0.3, -0.25) is 4.90 Å². The van der Waals surface area contributed by atoms with Crippen molar-refractivity contribution in [1.82, 2.24) is 10.2 Å². The van der Waals surface area contributed by atoms with Gasteiger partial charge < -0.3 is 10.1 Å². The smallest absolute Gasteiger partial charge is 0.330 e. The minimum atomic E-state index is -0.273. The molecule has 0 spiro atoms. The molecule has 0 aromatic heterocycles. The van der Waals surface area contributed by atoms with Gasteiger partial charge in [0.15, 0.2) is 0 Å². The zero-order valence-electron chi connectivity index (χ0n) is 12.4. The van der Waals surface area contributed by atoms with Crippen LogP contribution < -0.4 is 5.32 Å². The highest BCUT2D eigenvalue weighted by Gasteiger charge is 2.11. The quantitative estimate of drug-likeness (QED) is 0.388. The molecule has 0 aliphatic heterocycles. The molecule has 0 saturated carbocycles. The summed E-state index contributed by atoms with van der Waals surface area (Å²) in [6.07, 6.45) is 3.27. The zero-order valence-corrected chi connectivity index (χ0v) is 12.4. The summed E-state index contributed by atoms with van der Waals surface area (Å²) < 4.78 is 4.79. The summed E-state index contributed by atoms with van der Waals surface area (Å²) in [5, 5.41) is 3.29. The van der Waals surface area contributed by atoms with Gasteiger partial charge in [0.05, 0.1) is 6.61 Å². The van der Waals surface area contributed by atoms with E-state index in [9.17, 15) is 4.79 Å². The first-order valence-corrected chi connectivity index (χ1v) is 6.78. The SMILES string of the molecule is CCOC(=O)/C=C/CNCCN(C(C)C)C(C)C. The van der Waals surface area contributed by atoms with Gasteiger partial charge in [0, 0.05) is 37.8 Å². The van der Waals surface area contributed by atoms with Crippen LogP contribution in [0.5, 0.6) is 0 Å². The van der Waals surface area contributed by atoms with Gasteiger partial charge in [-0.25, -0.2) is 4.79 Å². The van der Waals surface area contributed by atoms with Crippen molar-refractivity contribution in [3.8, 4) is 0 Å². The molecule has 0 aliphatic rings. The topological polar surface area (TPSA) is 41.6 Å². The van der Waals surface area contributed by atoms with Crippen molar-refractivity contribution in [3.05, 3.63) is 12.2 Å². The molecule has 0 heterocycles. The van der Waals surface area contributed by atoms with Crippen molar-refractivity contribution in [2.24, 2.45) is 0 Å². The van der Waals surface area contributed by atoms with E-state index in [0.29, 0.717) is 25.2 Å². The second-order valence-electron chi connectivity index (χ2n) is 4.78. The molecule has 0 aliphatic carbocycles. The molecule has 0 aromatic rings.